The number of nitrogens with zero attached hydrogens (tertiary/aromatic N) is 4. The van der Waals surface area contributed by atoms with Crippen molar-refractivity contribution in [1.29, 1.82) is 0 Å². The van der Waals surface area contributed by atoms with Crippen LogP contribution >= 0.6 is 11.6 Å². The Morgan fingerprint density at radius 2 is 2.10 bits per heavy atom. The number of pyridine rings is 1. The minimum absolute atomic E-state index is 0.0554. The molecule has 0 unspecified atom stereocenters. The highest BCUT2D eigenvalue weighted by Crippen LogP contribution is 2.37. The summed E-state index contributed by atoms with van der Waals surface area (Å²) in [7, 11) is 0. The Balaban J connectivity index is 1.50. The summed E-state index contributed by atoms with van der Waals surface area (Å²) < 4.78 is 7.64. The van der Waals surface area contributed by atoms with Crippen LogP contribution in [0.3, 0.4) is 0 Å². The van der Waals surface area contributed by atoms with E-state index in [0.29, 0.717) is 16.9 Å². The van der Waals surface area contributed by atoms with Gasteiger partial charge in [0.1, 0.15) is 5.15 Å². The molecular weight excluding hydrogens is 392 g/mol. The van der Waals surface area contributed by atoms with Crippen LogP contribution in [0.2, 0.25) is 5.15 Å². The minimum Gasteiger partial charge on any atom is -0.481 e. The van der Waals surface area contributed by atoms with Crippen LogP contribution in [0.15, 0.2) is 40.9 Å². The third-order valence-corrected chi connectivity index (χ3v) is 5.52. The Bertz CT molecular complexity index is 1240. The van der Waals surface area contributed by atoms with Gasteiger partial charge < -0.3 is 14.2 Å². The molecule has 3 aromatic heterocycles. The topological polar surface area (TPSA) is 94.0 Å². The number of fused-ring (bicyclic) bond motifs is 3. The Morgan fingerprint density at radius 1 is 1.24 bits per heavy atom. The molecule has 0 fully saturated rings. The molecule has 4 aromatic rings. The van der Waals surface area contributed by atoms with Crippen molar-refractivity contribution in [3.05, 3.63) is 52.9 Å². The fraction of sp³-hybridized carbons (Fsp3) is 0.238. The van der Waals surface area contributed by atoms with E-state index in [1.54, 1.807) is 6.07 Å². The first-order valence-corrected chi connectivity index (χ1v) is 9.69. The third kappa shape index (κ3) is 3.17. The molecule has 0 saturated carbocycles. The number of benzene rings is 1. The lowest BCUT2D eigenvalue weighted by atomic mass is 10.0. The maximum Gasteiger partial charge on any atom is 0.304 e. The number of aryl methyl sites for hydroxylation is 2. The molecule has 1 aliphatic heterocycles. The van der Waals surface area contributed by atoms with Gasteiger partial charge in [0.05, 0.1) is 6.42 Å². The van der Waals surface area contributed by atoms with Crippen LogP contribution in [0.4, 0.5) is 0 Å². The molecule has 0 aliphatic carbocycles. The molecule has 0 amide bonds. The Morgan fingerprint density at radius 3 is 2.90 bits per heavy atom. The van der Waals surface area contributed by atoms with E-state index >= 15 is 0 Å². The molecule has 0 bridgehead atoms. The standard InChI is InChI=1S/C21H17ClN4O3/c1-11-6-15(9-18(22)23-11)21-24-20(25-29-21)13-2-3-16-14(7-13)8-17-12(10-19(27)28)4-5-26(16)17/h2-3,6-9,12H,4-5,10H2,1H3,(H,27,28)/t12-/m0/s1. The molecule has 1 aromatic carbocycles. The van der Waals surface area contributed by atoms with Gasteiger partial charge in [-0.05, 0) is 49.7 Å². The number of hydrogen-bond acceptors (Lipinski definition) is 5. The highest BCUT2D eigenvalue weighted by atomic mass is 35.5. The average molecular weight is 409 g/mol. The van der Waals surface area contributed by atoms with Gasteiger partial charge in [0.15, 0.2) is 0 Å². The second-order valence-corrected chi connectivity index (χ2v) is 7.71. The van der Waals surface area contributed by atoms with Crippen LogP contribution in [0.5, 0.6) is 0 Å². The molecule has 29 heavy (non-hydrogen) atoms. The smallest absolute Gasteiger partial charge is 0.304 e. The van der Waals surface area contributed by atoms with Gasteiger partial charge >= 0.3 is 5.97 Å². The molecule has 8 heteroatoms. The molecule has 1 N–H and O–H groups in total. The van der Waals surface area contributed by atoms with Crippen molar-refractivity contribution >= 4 is 28.5 Å². The van der Waals surface area contributed by atoms with Crippen LogP contribution in [0.25, 0.3) is 33.7 Å². The molecule has 5 rings (SSSR count). The normalized spacial score (nSPS) is 15.7. The van der Waals surface area contributed by atoms with Crippen LogP contribution in [-0.4, -0.2) is 30.8 Å². The van der Waals surface area contributed by atoms with Gasteiger partial charge in [-0.25, -0.2) is 4.98 Å². The summed E-state index contributed by atoms with van der Waals surface area (Å²) in [5, 5.41) is 14.7. The number of aromatic nitrogens is 4. The van der Waals surface area contributed by atoms with Crippen molar-refractivity contribution in [1.82, 2.24) is 19.7 Å². The molecule has 0 radical (unpaired) electrons. The fourth-order valence-corrected chi connectivity index (χ4v) is 4.33. The first-order chi connectivity index (χ1) is 14.0. The molecular formula is C21H17ClN4O3. The molecule has 146 valence electrons. The van der Waals surface area contributed by atoms with E-state index in [1.165, 1.54) is 0 Å². The van der Waals surface area contributed by atoms with Crippen LogP contribution in [-0.2, 0) is 11.3 Å². The van der Waals surface area contributed by atoms with Gasteiger partial charge in [-0.15, -0.1) is 0 Å². The average Bonchev–Trinajstić information content (AvgIpc) is 3.36. The largest absolute Gasteiger partial charge is 0.481 e. The van der Waals surface area contributed by atoms with Gasteiger partial charge in [-0.3, -0.25) is 4.79 Å². The number of hydrogen-bond donors (Lipinski definition) is 1. The van der Waals surface area contributed by atoms with E-state index < -0.39 is 5.97 Å². The second-order valence-electron chi connectivity index (χ2n) is 7.32. The van der Waals surface area contributed by atoms with Crippen molar-refractivity contribution in [2.75, 3.05) is 0 Å². The highest BCUT2D eigenvalue weighted by molar-refractivity contribution is 6.29. The number of rotatable bonds is 4. The Labute approximate surface area is 170 Å². The zero-order valence-electron chi connectivity index (χ0n) is 15.6. The van der Waals surface area contributed by atoms with Crippen molar-refractivity contribution in [2.24, 2.45) is 0 Å². The molecule has 0 saturated heterocycles. The van der Waals surface area contributed by atoms with Crippen LogP contribution in [0.1, 0.15) is 30.1 Å². The van der Waals surface area contributed by atoms with E-state index in [4.69, 9.17) is 21.2 Å². The van der Waals surface area contributed by atoms with Crippen molar-refractivity contribution < 1.29 is 14.4 Å². The summed E-state index contributed by atoms with van der Waals surface area (Å²) in [6.07, 6.45) is 1.02. The molecule has 1 atom stereocenters. The first kappa shape index (κ1) is 17.9. The molecule has 0 spiro atoms. The Kier molecular flexibility index (Phi) is 4.13. The number of halogens is 1. The Hall–Kier alpha value is -3.19. The zero-order valence-corrected chi connectivity index (χ0v) is 16.3. The van der Waals surface area contributed by atoms with Gasteiger partial charge in [-0.2, -0.15) is 4.98 Å². The lowest BCUT2D eigenvalue weighted by molar-refractivity contribution is -0.137. The summed E-state index contributed by atoms with van der Waals surface area (Å²) >= 11 is 6.03. The molecule has 4 heterocycles. The number of carbonyl (C=O) groups is 1. The van der Waals surface area contributed by atoms with Crippen LogP contribution in [0, 0.1) is 6.92 Å². The van der Waals surface area contributed by atoms with E-state index in [9.17, 15) is 4.79 Å². The van der Waals surface area contributed by atoms with E-state index in [1.807, 2.05) is 31.2 Å². The van der Waals surface area contributed by atoms with Gasteiger partial charge in [0.2, 0.25) is 5.82 Å². The SMILES string of the molecule is Cc1cc(-c2nc(-c3ccc4c(c3)cc3n4CC[C@H]3CC(=O)O)no2)cc(Cl)n1. The first-order valence-electron chi connectivity index (χ1n) is 9.31. The number of aliphatic carboxylic acids is 1. The highest BCUT2D eigenvalue weighted by Gasteiger charge is 2.27. The van der Waals surface area contributed by atoms with Gasteiger partial charge in [0.25, 0.3) is 5.89 Å². The lowest BCUT2D eigenvalue weighted by Crippen LogP contribution is -2.02. The minimum atomic E-state index is -0.764. The summed E-state index contributed by atoms with van der Waals surface area (Å²) in [5.74, 6) is 0.161. The summed E-state index contributed by atoms with van der Waals surface area (Å²) in [6, 6.07) is 11.6. The second kappa shape index (κ2) is 6.70. The van der Waals surface area contributed by atoms with Gasteiger partial charge in [0, 0.05) is 45.9 Å². The van der Waals surface area contributed by atoms with E-state index in [-0.39, 0.29) is 12.3 Å². The zero-order chi connectivity index (χ0) is 20.1. The van der Waals surface area contributed by atoms with Crippen LogP contribution < -0.4 is 0 Å². The maximum absolute atomic E-state index is 11.1. The summed E-state index contributed by atoms with van der Waals surface area (Å²) in [4.78, 5) is 19.8. The lowest BCUT2D eigenvalue weighted by Gasteiger charge is -2.04. The van der Waals surface area contributed by atoms with Gasteiger partial charge in [-0.1, -0.05) is 16.8 Å². The van der Waals surface area contributed by atoms with Crippen molar-refractivity contribution in [3.63, 3.8) is 0 Å². The quantitative estimate of drug-likeness (QED) is 0.493. The number of carboxylic acid groups (broad SMARTS) is 1. The van der Waals surface area contributed by atoms with Crippen molar-refractivity contribution in [2.45, 2.75) is 32.2 Å². The number of carboxylic acids is 1. The molecule has 1 aliphatic rings. The summed E-state index contributed by atoms with van der Waals surface area (Å²) in [6.45, 7) is 2.69. The fourth-order valence-electron chi connectivity index (χ4n) is 4.08. The summed E-state index contributed by atoms with van der Waals surface area (Å²) in [5.41, 5.74) is 4.50. The molecule has 7 nitrogen and oxygen atoms in total. The maximum atomic E-state index is 11.1. The van der Waals surface area contributed by atoms with E-state index in [2.05, 4.69) is 25.8 Å². The van der Waals surface area contributed by atoms with E-state index in [0.717, 1.165) is 46.4 Å². The predicted octanol–water partition coefficient (Wildman–Crippen LogP) is 4.68. The predicted molar refractivity (Wildman–Crippen MR) is 108 cm³/mol. The van der Waals surface area contributed by atoms with Crippen molar-refractivity contribution in [3.8, 4) is 22.8 Å². The monoisotopic (exact) mass is 408 g/mol. The third-order valence-electron chi connectivity index (χ3n) is 5.33.